The first-order chi connectivity index (χ1) is 19.3. The van der Waals surface area contributed by atoms with Crippen LogP contribution in [0.5, 0.6) is 0 Å². The van der Waals surface area contributed by atoms with Gasteiger partial charge in [-0.05, 0) is 76.2 Å². The largest absolute Gasteiger partial charge is 0.416 e. The molecule has 1 saturated heterocycles. The second kappa shape index (κ2) is 11.8. The van der Waals surface area contributed by atoms with Crippen LogP contribution in [-0.2, 0) is 13.2 Å². The number of rotatable bonds is 6. The molecule has 3 aromatic rings. The molecule has 5 N–H and O–H groups in total. The number of hydrazine groups is 1. The summed E-state index contributed by atoms with van der Waals surface area (Å²) >= 11 is 0. The summed E-state index contributed by atoms with van der Waals surface area (Å²) in [6.45, 7) is 7.95. The van der Waals surface area contributed by atoms with E-state index in [0.717, 1.165) is 42.4 Å². The Hall–Kier alpha value is -4.03. The summed E-state index contributed by atoms with van der Waals surface area (Å²) in [7, 11) is 3.80. The van der Waals surface area contributed by atoms with Gasteiger partial charge < -0.3 is 20.9 Å². The number of anilines is 3. The Morgan fingerprint density at radius 3 is 2.46 bits per heavy atom. The Morgan fingerprint density at radius 1 is 1.07 bits per heavy atom. The molecule has 9 nitrogen and oxygen atoms in total. The highest BCUT2D eigenvalue weighted by molar-refractivity contribution is 6.05. The molecule has 0 unspecified atom stereocenters. The highest BCUT2D eigenvalue weighted by Gasteiger charge is 2.35. The molecule has 4 rings (SSSR count). The van der Waals surface area contributed by atoms with Crippen LogP contribution in [0.3, 0.4) is 0 Å². The number of carbonyl (C=O) groups is 1. The van der Waals surface area contributed by atoms with Gasteiger partial charge in [-0.1, -0.05) is 6.07 Å². The predicted molar refractivity (Wildman–Crippen MR) is 156 cm³/mol. The number of likely N-dealkylation sites (N-methyl/N-ethyl adjacent to an activating group) is 1. The first-order valence-corrected chi connectivity index (χ1v) is 13.3. The molecule has 0 bridgehead atoms. The third-order valence-electron chi connectivity index (χ3n) is 7.58. The van der Waals surface area contributed by atoms with Gasteiger partial charge in [-0.2, -0.15) is 18.3 Å². The van der Waals surface area contributed by atoms with Crippen molar-refractivity contribution in [3.05, 3.63) is 76.2 Å². The van der Waals surface area contributed by atoms with Crippen LogP contribution in [0.2, 0.25) is 0 Å². The maximum Gasteiger partial charge on any atom is 0.416 e. The van der Waals surface area contributed by atoms with Gasteiger partial charge in [0.2, 0.25) is 0 Å². The fourth-order valence-electron chi connectivity index (χ4n) is 4.98. The molecule has 2 aromatic carbocycles. The number of hydrogen-bond acceptors (Lipinski definition) is 7. The smallest absolute Gasteiger partial charge is 0.397 e. The summed E-state index contributed by atoms with van der Waals surface area (Å²) in [6.07, 6.45) is -0.589. The van der Waals surface area contributed by atoms with Gasteiger partial charge in [0.05, 0.1) is 23.1 Å². The fourth-order valence-corrected chi connectivity index (χ4v) is 4.98. The summed E-state index contributed by atoms with van der Waals surface area (Å²) in [5.41, 5.74) is 9.65. The summed E-state index contributed by atoms with van der Waals surface area (Å²) < 4.78 is 43.8. The van der Waals surface area contributed by atoms with E-state index in [9.17, 15) is 18.0 Å². The molecular formula is C29H37F3N8O. The van der Waals surface area contributed by atoms with E-state index in [-0.39, 0.29) is 11.1 Å². The molecule has 1 amide bonds. The van der Waals surface area contributed by atoms with Crippen molar-refractivity contribution in [2.75, 3.05) is 48.5 Å². The van der Waals surface area contributed by atoms with E-state index in [1.165, 1.54) is 11.9 Å². The number of nitrogens with zero attached hydrogens (tertiary/aromatic N) is 5. The van der Waals surface area contributed by atoms with Gasteiger partial charge in [-0.25, -0.2) is 5.84 Å². The Labute approximate surface area is 238 Å². The zero-order valence-corrected chi connectivity index (χ0v) is 24.0. The van der Waals surface area contributed by atoms with Gasteiger partial charge in [0.15, 0.2) is 0 Å². The monoisotopic (exact) mass is 570 g/mol. The number of aromatic nitrogens is 2. The number of alkyl halides is 3. The molecule has 0 radical (unpaired) electrons. The molecule has 220 valence electrons. The van der Waals surface area contributed by atoms with E-state index in [2.05, 4.69) is 15.3 Å². The molecular weight excluding hydrogens is 533 g/mol. The summed E-state index contributed by atoms with van der Waals surface area (Å²) in [6, 6.07) is 7.56. The normalized spacial score (nSPS) is 15.1. The van der Waals surface area contributed by atoms with Crippen molar-refractivity contribution in [1.82, 2.24) is 14.7 Å². The molecule has 0 atom stereocenters. The molecule has 2 heterocycles. The highest BCUT2D eigenvalue weighted by Crippen LogP contribution is 2.37. The van der Waals surface area contributed by atoms with E-state index in [1.54, 1.807) is 41.3 Å². The van der Waals surface area contributed by atoms with E-state index in [0.29, 0.717) is 35.8 Å². The van der Waals surface area contributed by atoms with Crippen molar-refractivity contribution in [3.63, 3.8) is 0 Å². The van der Waals surface area contributed by atoms with Crippen molar-refractivity contribution < 1.29 is 18.0 Å². The zero-order chi connectivity index (χ0) is 30.1. The molecule has 0 aliphatic carbocycles. The Bertz CT molecular complexity index is 1460. The Balaban J connectivity index is 1.63. The second-order valence-corrected chi connectivity index (χ2v) is 10.5. The van der Waals surface area contributed by atoms with Gasteiger partial charge in [-0.3, -0.25) is 14.5 Å². The van der Waals surface area contributed by atoms with Crippen LogP contribution in [0, 0.1) is 20.8 Å². The molecule has 0 saturated carbocycles. The number of halogens is 3. The summed E-state index contributed by atoms with van der Waals surface area (Å²) in [5.74, 6) is 5.66. The number of nitrogens with one attached hydrogen (secondary N) is 1. The maximum atomic E-state index is 14.0. The summed E-state index contributed by atoms with van der Waals surface area (Å²) in [5, 5.41) is 8.28. The van der Waals surface area contributed by atoms with Crippen LogP contribution in [0.15, 0.2) is 42.7 Å². The van der Waals surface area contributed by atoms with Gasteiger partial charge in [0.1, 0.15) is 0 Å². The zero-order valence-electron chi connectivity index (χ0n) is 24.0. The van der Waals surface area contributed by atoms with E-state index in [1.807, 2.05) is 32.8 Å². The van der Waals surface area contributed by atoms with Crippen molar-refractivity contribution in [3.8, 4) is 0 Å². The minimum Gasteiger partial charge on any atom is -0.397 e. The van der Waals surface area contributed by atoms with Crippen LogP contribution in [0.4, 0.5) is 30.2 Å². The second-order valence-electron chi connectivity index (χ2n) is 10.5. The lowest BCUT2D eigenvalue weighted by Gasteiger charge is -2.27. The van der Waals surface area contributed by atoms with Crippen molar-refractivity contribution in [1.29, 1.82) is 0 Å². The Morgan fingerprint density at radius 2 is 1.80 bits per heavy atom. The third kappa shape index (κ3) is 6.66. The standard InChI is InChI=1S/C29H37F3N8O/c1-18-7-8-22(15-26(18)40(34)17-25(33)23-16-35-38(5)20(23)3)36-28(41)21-13-24(29(30,31)32)19(2)27(14-21)39-10-6-9-37(4)11-12-39/h7-8,13-17H,6,9-12,33-34H2,1-5H3,(H,36,41)/b25-17-. The number of nitrogens with two attached hydrogens (primary N) is 2. The molecule has 1 aromatic heterocycles. The number of hydrogen-bond donors (Lipinski definition) is 3. The highest BCUT2D eigenvalue weighted by atomic mass is 19.4. The van der Waals surface area contributed by atoms with Gasteiger partial charge >= 0.3 is 6.18 Å². The van der Waals surface area contributed by atoms with Gasteiger partial charge in [0, 0.05) is 61.1 Å². The van der Waals surface area contributed by atoms with E-state index < -0.39 is 17.6 Å². The molecule has 0 spiro atoms. The van der Waals surface area contributed by atoms with Crippen molar-refractivity contribution in [2.24, 2.45) is 18.6 Å². The quantitative estimate of drug-likeness (QED) is 0.298. The van der Waals surface area contributed by atoms with E-state index in [4.69, 9.17) is 11.6 Å². The molecule has 12 heteroatoms. The maximum absolute atomic E-state index is 14.0. The van der Waals surface area contributed by atoms with Crippen LogP contribution in [0.1, 0.15) is 44.7 Å². The molecule has 1 aliphatic heterocycles. The molecule has 1 aliphatic rings. The first kappa shape index (κ1) is 29.9. The fraction of sp³-hybridized carbons (Fsp3) is 0.379. The van der Waals surface area contributed by atoms with Crippen LogP contribution in [0.25, 0.3) is 5.70 Å². The third-order valence-corrected chi connectivity index (χ3v) is 7.58. The number of aryl methyl sites for hydroxylation is 2. The number of amides is 1. The topological polar surface area (TPSA) is 109 Å². The first-order valence-electron chi connectivity index (χ1n) is 13.3. The Kier molecular flexibility index (Phi) is 8.64. The van der Waals surface area contributed by atoms with Gasteiger partial charge in [0.25, 0.3) is 5.91 Å². The lowest BCUT2D eigenvalue weighted by atomic mass is 10.00. The minimum atomic E-state index is -4.60. The van der Waals surface area contributed by atoms with E-state index >= 15 is 0 Å². The van der Waals surface area contributed by atoms with Crippen LogP contribution < -0.4 is 26.8 Å². The average molecular weight is 571 g/mol. The van der Waals surface area contributed by atoms with Crippen molar-refractivity contribution >= 4 is 28.7 Å². The molecule has 1 fully saturated rings. The van der Waals surface area contributed by atoms with Crippen LogP contribution >= 0.6 is 0 Å². The minimum absolute atomic E-state index is 0.0709. The van der Waals surface area contributed by atoms with Crippen molar-refractivity contribution in [2.45, 2.75) is 33.4 Å². The SMILES string of the molecule is Cc1ccc(NC(=O)c2cc(N3CCCN(C)CC3)c(C)c(C(F)(F)F)c2)cc1N(N)/C=C(\N)c1cnn(C)c1C. The van der Waals surface area contributed by atoms with Gasteiger partial charge in [-0.15, -0.1) is 0 Å². The number of benzene rings is 2. The summed E-state index contributed by atoms with van der Waals surface area (Å²) in [4.78, 5) is 17.4. The van der Waals surface area contributed by atoms with Crippen LogP contribution in [-0.4, -0.2) is 53.8 Å². The molecule has 41 heavy (non-hydrogen) atoms. The number of carbonyl (C=O) groups excluding carboxylic acids is 1. The lowest BCUT2D eigenvalue weighted by molar-refractivity contribution is -0.138. The lowest BCUT2D eigenvalue weighted by Crippen LogP contribution is -2.30. The average Bonchev–Trinajstić information content (AvgIpc) is 3.09. The predicted octanol–water partition coefficient (Wildman–Crippen LogP) is 4.40.